The zero-order chi connectivity index (χ0) is 21.1. The summed E-state index contributed by atoms with van der Waals surface area (Å²) < 4.78 is 2.41. The van der Waals surface area contributed by atoms with Crippen LogP contribution in [0.1, 0.15) is 38.1 Å². The number of nitrogens with zero attached hydrogens (tertiary/aromatic N) is 4. The SMILES string of the molecule is c1nc2c(-c3ccc4c(c3)ncn4C3CCCCC3)cc(N3CC4CNCC4C3)cc2[nH]1. The van der Waals surface area contributed by atoms with Gasteiger partial charge in [-0.3, -0.25) is 0 Å². The topological polar surface area (TPSA) is 61.8 Å². The third-order valence-electron chi connectivity index (χ3n) is 8.12. The summed E-state index contributed by atoms with van der Waals surface area (Å²) in [5, 5.41) is 3.55. The molecular formula is C26H30N6. The highest BCUT2D eigenvalue weighted by atomic mass is 15.2. The minimum absolute atomic E-state index is 0.602. The van der Waals surface area contributed by atoms with Gasteiger partial charge < -0.3 is 19.8 Å². The number of imidazole rings is 2. The summed E-state index contributed by atoms with van der Waals surface area (Å²) >= 11 is 0. The second kappa shape index (κ2) is 7.34. The number of aromatic nitrogens is 4. The molecule has 32 heavy (non-hydrogen) atoms. The van der Waals surface area contributed by atoms with E-state index in [0.717, 1.165) is 54.6 Å². The molecule has 6 heteroatoms. The predicted molar refractivity (Wildman–Crippen MR) is 129 cm³/mol. The van der Waals surface area contributed by atoms with Gasteiger partial charge in [0.2, 0.25) is 0 Å². The molecule has 0 amide bonds. The molecule has 4 aromatic rings. The third kappa shape index (κ3) is 2.96. The largest absolute Gasteiger partial charge is 0.371 e. The van der Waals surface area contributed by atoms with Crippen LogP contribution in [-0.4, -0.2) is 45.7 Å². The van der Waals surface area contributed by atoms with Crippen molar-refractivity contribution in [2.75, 3.05) is 31.1 Å². The molecular weight excluding hydrogens is 396 g/mol. The Bertz CT molecular complexity index is 1270. The van der Waals surface area contributed by atoms with Crippen LogP contribution >= 0.6 is 0 Å². The molecule has 6 nitrogen and oxygen atoms in total. The van der Waals surface area contributed by atoms with Gasteiger partial charge in [0.15, 0.2) is 0 Å². The highest BCUT2D eigenvalue weighted by Crippen LogP contribution is 2.37. The molecule has 0 spiro atoms. The lowest BCUT2D eigenvalue weighted by atomic mass is 9.95. The first-order valence-electron chi connectivity index (χ1n) is 12.2. The molecule has 1 aliphatic carbocycles. The van der Waals surface area contributed by atoms with Crippen molar-refractivity contribution in [1.29, 1.82) is 0 Å². The van der Waals surface area contributed by atoms with E-state index < -0.39 is 0 Å². The Hall–Kier alpha value is -2.86. The Morgan fingerprint density at radius 2 is 1.75 bits per heavy atom. The maximum atomic E-state index is 4.80. The summed E-state index contributed by atoms with van der Waals surface area (Å²) in [7, 11) is 0. The molecule has 0 bridgehead atoms. The summed E-state index contributed by atoms with van der Waals surface area (Å²) in [6.45, 7) is 4.59. The van der Waals surface area contributed by atoms with Gasteiger partial charge >= 0.3 is 0 Å². The number of hydrogen-bond acceptors (Lipinski definition) is 4. The normalized spacial score (nSPS) is 24.1. The quantitative estimate of drug-likeness (QED) is 0.497. The van der Waals surface area contributed by atoms with Crippen molar-refractivity contribution in [3.8, 4) is 11.1 Å². The van der Waals surface area contributed by atoms with Crippen LogP contribution in [-0.2, 0) is 0 Å². The van der Waals surface area contributed by atoms with E-state index in [1.54, 1.807) is 0 Å². The summed E-state index contributed by atoms with van der Waals surface area (Å²) in [6, 6.07) is 12.0. The number of hydrogen-bond donors (Lipinski definition) is 2. The van der Waals surface area contributed by atoms with E-state index in [1.807, 2.05) is 6.33 Å². The zero-order valence-electron chi connectivity index (χ0n) is 18.4. The van der Waals surface area contributed by atoms with E-state index in [4.69, 9.17) is 4.98 Å². The van der Waals surface area contributed by atoms with Gasteiger partial charge in [0.25, 0.3) is 0 Å². The van der Waals surface area contributed by atoms with E-state index in [9.17, 15) is 0 Å². The third-order valence-corrected chi connectivity index (χ3v) is 8.12. The average molecular weight is 427 g/mol. The summed E-state index contributed by atoms with van der Waals surface area (Å²) in [5.41, 5.74) is 8.20. The van der Waals surface area contributed by atoms with Crippen LogP contribution in [0.3, 0.4) is 0 Å². The molecule has 164 valence electrons. The molecule has 2 atom stereocenters. The molecule has 3 aliphatic rings. The zero-order valence-corrected chi connectivity index (χ0v) is 18.4. The van der Waals surface area contributed by atoms with Crippen molar-refractivity contribution in [1.82, 2.24) is 24.8 Å². The van der Waals surface area contributed by atoms with Crippen LogP contribution in [0, 0.1) is 11.8 Å². The minimum atomic E-state index is 0.602. The van der Waals surface area contributed by atoms with Gasteiger partial charge in [-0.2, -0.15) is 0 Å². The van der Waals surface area contributed by atoms with Crippen molar-refractivity contribution in [2.24, 2.45) is 11.8 Å². The van der Waals surface area contributed by atoms with E-state index in [-0.39, 0.29) is 0 Å². The molecule has 2 aliphatic heterocycles. The van der Waals surface area contributed by atoms with Gasteiger partial charge in [-0.1, -0.05) is 25.3 Å². The Kier molecular flexibility index (Phi) is 4.29. The molecule has 0 radical (unpaired) electrons. The molecule has 1 saturated carbocycles. The van der Waals surface area contributed by atoms with Crippen LogP contribution in [0.5, 0.6) is 0 Å². The fourth-order valence-corrected chi connectivity index (χ4v) is 6.35. The van der Waals surface area contributed by atoms with Gasteiger partial charge in [0.1, 0.15) is 0 Å². The van der Waals surface area contributed by atoms with Gasteiger partial charge in [-0.15, -0.1) is 0 Å². The Labute approximate surface area is 188 Å². The minimum Gasteiger partial charge on any atom is -0.371 e. The van der Waals surface area contributed by atoms with Gasteiger partial charge in [-0.05, 0) is 54.5 Å². The monoisotopic (exact) mass is 426 g/mol. The molecule has 2 aromatic carbocycles. The molecule has 2 aromatic heterocycles. The van der Waals surface area contributed by atoms with Crippen LogP contribution in [0.4, 0.5) is 5.69 Å². The maximum Gasteiger partial charge on any atom is 0.0962 e. The van der Waals surface area contributed by atoms with Gasteiger partial charge in [0.05, 0.1) is 34.7 Å². The van der Waals surface area contributed by atoms with Crippen LogP contribution in [0.15, 0.2) is 43.0 Å². The summed E-state index contributed by atoms with van der Waals surface area (Å²) in [6.07, 6.45) is 10.5. The number of fused-ring (bicyclic) bond motifs is 3. The summed E-state index contributed by atoms with van der Waals surface area (Å²) in [5.74, 6) is 1.55. The van der Waals surface area contributed by atoms with Crippen molar-refractivity contribution in [2.45, 2.75) is 38.1 Å². The lowest BCUT2D eigenvalue weighted by molar-refractivity contribution is 0.359. The van der Waals surface area contributed by atoms with Gasteiger partial charge in [0, 0.05) is 43.5 Å². The second-order valence-electron chi connectivity index (χ2n) is 10.0. The number of anilines is 1. The Balaban J connectivity index is 1.28. The van der Waals surface area contributed by atoms with Crippen molar-refractivity contribution >= 4 is 27.8 Å². The Morgan fingerprint density at radius 3 is 2.59 bits per heavy atom. The van der Waals surface area contributed by atoms with Crippen molar-refractivity contribution < 1.29 is 0 Å². The van der Waals surface area contributed by atoms with E-state index in [1.165, 1.54) is 54.4 Å². The first-order chi connectivity index (χ1) is 15.8. The van der Waals surface area contributed by atoms with E-state index in [0.29, 0.717) is 6.04 Å². The average Bonchev–Trinajstić information content (AvgIpc) is 3.61. The van der Waals surface area contributed by atoms with Crippen LogP contribution in [0.25, 0.3) is 33.2 Å². The first kappa shape index (κ1) is 18.7. The van der Waals surface area contributed by atoms with Crippen molar-refractivity contribution in [3.63, 3.8) is 0 Å². The van der Waals surface area contributed by atoms with Crippen LogP contribution in [0.2, 0.25) is 0 Å². The van der Waals surface area contributed by atoms with Gasteiger partial charge in [-0.25, -0.2) is 9.97 Å². The number of H-pyrrole nitrogens is 1. The highest BCUT2D eigenvalue weighted by Gasteiger charge is 2.36. The molecule has 2 unspecified atom stereocenters. The van der Waals surface area contributed by atoms with E-state index in [2.05, 4.69) is 61.4 Å². The first-order valence-corrected chi connectivity index (χ1v) is 12.2. The lowest BCUT2D eigenvalue weighted by Crippen LogP contribution is -2.25. The smallest absolute Gasteiger partial charge is 0.0962 e. The number of benzene rings is 2. The number of aromatic amines is 1. The predicted octanol–water partition coefficient (Wildman–Crippen LogP) is 4.74. The molecule has 3 fully saturated rings. The molecule has 4 heterocycles. The second-order valence-corrected chi connectivity index (χ2v) is 10.0. The molecule has 7 rings (SSSR count). The lowest BCUT2D eigenvalue weighted by Gasteiger charge is -2.23. The summed E-state index contributed by atoms with van der Waals surface area (Å²) in [4.78, 5) is 15.4. The Morgan fingerprint density at radius 1 is 0.906 bits per heavy atom. The number of rotatable bonds is 3. The standard InChI is InChI=1S/C26H30N6/c1-2-4-20(5-3-1)32-16-30-23-8-17(6-7-25(23)32)22-9-21(10-24-26(22)29-15-28-24)31-13-18-11-27-12-19(18)14-31/h6-10,15-16,18-20,27H,1-5,11-14H2,(H,28,29). The van der Waals surface area contributed by atoms with E-state index >= 15 is 0 Å². The fourth-order valence-electron chi connectivity index (χ4n) is 6.35. The number of nitrogens with one attached hydrogen (secondary N) is 2. The highest BCUT2D eigenvalue weighted by molar-refractivity contribution is 5.97. The molecule has 2 N–H and O–H groups in total. The van der Waals surface area contributed by atoms with Crippen molar-refractivity contribution in [3.05, 3.63) is 43.0 Å². The maximum absolute atomic E-state index is 4.80. The molecule has 2 saturated heterocycles. The fraction of sp³-hybridized carbons (Fsp3) is 0.462. The van der Waals surface area contributed by atoms with Crippen LogP contribution < -0.4 is 10.2 Å².